The Kier molecular flexibility index (Phi) is 3.15. The molecule has 1 fully saturated rings. The standard InChI is InChI=1S/C9H11BrN4O/c10-6-3-11-9(12-4-6)13-5-7-1-2-8(15)14-7/h3-4,7H,1-2,5H2,(H,14,15)(H,11,12,13). The molecule has 15 heavy (non-hydrogen) atoms. The number of amides is 1. The van der Waals surface area contributed by atoms with E-state index >= 15 is 0 Å². The summed E-state index contributed by atoms with van der Waals surface area (Å²) >= 11 is 3.26. The molecule has 2 heterocycles. The van der Waals surface area contributed by atoms with Gasteiger partial charge in [-0.2, -0.15) is 0 Å². The molecule has 0 bridgehead atoms. The van der Waals surface area contributed by atoms with Gasteiger partial charge in [-0.15, -0.1) is 0 Å². The first-order chi connectivity index (χ1) is 7.24. The molecular weight excluding hydrogens is 260 g/mol. The predicted octanol–water partition coefficient (Wildman–Crippen LogP) is 0.930. The number of rotatable bonds is 3. The van der Waals surface area contributed by atoms with E-state index in [1.807, 2.05) is 0 Å². The Morgan fingerprint density at radius 3 is 2.87 bits per heavy atom. The molecule has 80 valence electrons. The first-order valence-electron chi connectivity index (χ1n) is 4.75. The average Bonchev–Trinajstić information content (AvgIpc) is 2.64. The maximum Gasteiger partial charge on any atom is 0.222 e. The molecule has 1 unspecified atom stereocenters. The third-order valence-corrected chi connectivity index (χ3v) is 2.62. The Morgan fingerprint density at radius 2 is 2.27 bits per heavy atom. The van der Waals surface area contributed by atoms with Crippen molar-refractivity contribution in [3.63, 3.8) is 0 Å². The van der Waals surface area contributed by atoms with Crippen LogP contribution in [-0.2, 0) is 4.79 Å². The van der Waals surface area contributed by atoms with Gasteiger partial charge in [-0.3, -0.25) is 4.79 Å². The molecule has 0 saturated carbocycles. The smallest absolute Gasteiger partial charge is 0.222 e. The van der Waals surface area contributed by atoms with Crippen LogP contribution in [0.4, 0.5) is 5.95 Å². The van der Waals surface area contributed by atoms with E-state index in [-0.39, 0.29) is 11.9 Å². The van der Waals surface area contributed by atoms with E-state index in [0.29, 0.717) is 18.9 Å². The van der Waals surface area contributed by atoms with Crippen molar-refractivity contribution < 1.29 is 4.79 Å². The van der Waals surface area contributed by atoms with E-state index < -0.39 is 0 Å². The summed E-state index contributed by atoms with van der Waals surface area (Å²) in [5, 5.41) is 5.95. The van der Waals surface area contributed by atoms with Crippen LogP contribution in [0.1, 0.15) is 12.8 Å². The Morgan fingerprint density at radius 1 is 1.53 bits per heavy atom. The van der Waals surface area contributed by atoms with E-state index in [0.717, 1.165) is 10.9 Å². The Hall–Kier alpha value is -1.17. The molecular formula is C9H11BrN4O. The molecule has 2 rings (SSSR count). The summed E-state index contributed by atoms with van der Waals surface area (Å²) in [6, 6.07) is 0.199. The maximum absolute atomic E-state index is 10.9. The predicted molar refractivity (Wildman–Crippen MR) is 59.4 cm³/mol. The lowest BCUT2D eigenvalue weighted by atomic mass is 10.2. The topological polar surface area (TPSA) is 66.9 Å². The van der Waals surface area contributed by atoms with Crippen LogP contribution in [0, 0.1) is 0 Å². The highest BCUT2D eigenvalue weighted by atomic mass is 79.9. The molecule has 1 aliphatic rings. The zero-order chi connectivity index (χ0) is 10.7. The molecule has 1 aromatic heterocycles. The van der Waals surface area contributed by atoms with Crippen LogP contribution in [0.15, 0.2) is 16.9 Å². The van der Waals surface area contributed by atoms with Gasteiger partial charge in [0.15, 0.2) is 0 Å². The first-order valence-corrected chi connectivity index (χ1v) is 5.54. The van der Waals surface area contributed by atoms with Crippen molar-refractivity contribution in [2.75, 3.05) is 11.9 Å². The number of nitrogens with one attached hydrogen (secondary N) is 2. The van der Waals surface area contributed by atoms with Crippen LogP contribution in [0.25, 0.3) is 0 Å². The van der Waals surface area contributed by atoms with E-state index in [9.17, 15) is 4.79 Å². The van der Waals surface area contributed by atoms with E-state index in [1.54, 1.807) is 12.4 Å². The van der Waals surface area contributed by atoms with E-state index in [2.05, 4.69) is 36.5 Å². The number of anilines is 1. The van der Waals surface area contributed by atoms with Crippen LogP contribution in [0.2, 0.25) is 0 Å². The van der Waals surface area contributed by atoms with Gasteiger partial charge in [-0.1, -0.05) is 0 Å². The van der Waals surface area contributed by atoms with Gasteiger partial charge in [0.1, 0.15) is 0 Å². The lowest BCUT2D eigenvalue weighted by Gasteiger charge is -2.10. The fourth-order valence-electron chi connectivity index (χ4n) is 1.45. The number of carbonyl (C=O) groups excluding carboxylic acids is 1. The minimum Gasteiger partial charge on any atom is -0.352 e. The van der Waals surface area contributed by atoms with Gasteiger partial charge >= 0.3 is 0 Å². The fraction of sp³-hybridized carbons (Fsp3) is 0.444. The van der Waals surface area contributed by atoms with Crippen LogP contribution < -0.4 is 10.6 Å². The van der Waals surface area contributed by atoms with E-state index in [1.165, 1.54) is 0 Å². The molecule has 1 aromatic rings. The molecule has 2 N–H and O–H groups in total. The minimum atomic E-state index is 0.124. The molecule has 0 aliphatic carbocycles. The highest BCUT2D eigenvalue weighted by molar-refractivity contribution is 9.10. The number of aromatic nitrogens is 2. The molecule has 0 aromatic carbocycles. The van der Waals surface area contributed by atoms with Crippen molar-refractivity contribution in [1.29, 1.82) is 0 Å². The number of hydrogen-bond donors (Lipinski definition) is 2. The van der Waals surface area contributed by atoms with Crippen LogP contribution >= 0.6 is 15.9 Å². The third-order valence-electron chi connectivity index (χ3n) is 2.21. The molecule has 1 saturated heterocycles. The summed E-state index contributed by atoms with van der Waals surface area (Å²) in [7, 11) is 0. The normalized spacial score (nSPS) is 20.1. The molecule has 1 atom stereocenters. The average molecular weight is 271 g/mol. The second-order valence-corrected chi connectivity index (χ2v) is 4.32. The van der Waals surface area contributed by atoms with Gasteiger partial charge in [-0.05, 0) is 22.4 Å². The van der Waals surface area contributed by atoms with Crippen molar-refractivity contribution in [3.8, 4) is 0 Å². The monoisotopic (exact) mass is 270 g/mol. The Bertz CT molecular complexity index is 354. The van der Waals surface area contributed by atoms with Crippen LogP contribution in [0.3, 0.4) is 0 Å². The zero-order valence-electron chi connectivity index (χ0n) is 8.03. The Labute approximate surface area is 95.8 Å². The maximum atomic E-state index is 10.9. The van der Waals surface area contributed by atoms with Gasteiger partial charge in [0, 0.05) is 31.4 Å². The van der Waals surface area contributed by atoms with Crippen LogP contribution in [0.5, 0.6) is 0 Å². The number of hydrogen-bond acceptors (Lipinski definition) is 4. The molecule has 6 heteroatoms. The van der Waals surface area contributed by atoms with Gasteiger partial charge in [0.05, 0.1) is 4.47 Å². The second-order valence-electron chi connectivity index (χ2n) is 3.41. The largest absolute Gasteiger partial charge is 0.352 e. The third kappa shape index (κ3) is 2.89. The minimum absolute atomic E-state index is 0.124. The quantitative estimate of drug-likeness (QED) is 0.858. The van der Waals surface area contributed by atoms with Crippen molar-refractivity contribution >= 4 is 27.8 Å². The fourth-order valence-corrected chi connectivity index (χ4v) is 1.65. The molecule has 0 spiro atoms. The zero-order valence-corrected chi connectivity index (χ0v) is 9.62. The summed E-state index contributed by atoms with van der Waals surface area (Å²) < 4.78 is 0.849. The Balaban J connectivity index is 1.83. The van der Waals surface area contributed by atoms with Crippen molar-refractivity contribution in [1.82, 2.24) is 15.3 Å². The number of halogens is 1. The summed E-state index contributed by atoms with van der Waals surface area (Å²) in [6.07, 6.45) is 4.86. The molecule has 1 aliphatic heterocycles. The van der Waals surface area contributed by atoms with Gasteiger partial charge in [0.2, 0.25) is 11.9 Å². The summed E-state index contributed by atoms with van der Waals surface area (Å²) in [5.41, 5.74) is 0. The lowest BCUT2D eigenvalue weighted by Crippen LogP contribution is -2.32. The molecule has 0 radical (unpaired) electrons. The summed E-state index contributed by atoms with van der Waals surface area (Å²) in [4.78, 5) is 19.1. The number of carbonyl (C=O) groups is 1. The highest BCUT2D eigenvalue weighted by Crippen LogP contribution is 2.09. The number of nitrogens with zero attached hydrogens (tertiary/aromatic N) is 2. The van der Waals surface area contributed by atoms with E-state index in [4.69, 9.17) is 0 Å². The first kappa shape index (κ1) is 10.4. The van der Waals surface area contributed by atoms with Crippen molar-refractivity contribution in [3.05, 3.63) is 16.9 Å². The summed E-state index contributed by atoms with van der Waals surface area (Å²) in [6.45, 7) is 0.674. The van der Waals surface area contributed by atoms with Gasteiger partial charge < -0.3 is 10.6 Å². The lowest BCUT2D eigenvalue weighted by molar-refractivity contribution is -0.119. The van der Waals surface area contributed by atoms with Crippen molar-refractivity contribution in [2.24, 2.45) is 0 Å². The molecule has 1 amide bonds. The summed E-state index contributed by atoms with van der Waals surface area (Å²) in [5.74, 6) is 0.706. The highest BCUT2D eigenvalue weighted by Gasteiger charge is 2.20. The van der Waals surface area contributed by atoms with Crippen molar-refractivity contribution in [2.45, 2.75) is 18.9 Å². The van der Waals surface area contributed by atoms with Crippen LogP contribution in [-0.4, -0.2) is 28.5 Å². The molecule has 5 nitrogen and oxygen atoms in total. The SMILES string of the molecule is O=C1CCC(CNc2ncc(Br)cn2)N1. The van der Waals surface area contributed by atoms with Gasteiger partial charge in [0.25, 0.3) is 0 Å². The second kappa shape index (κ2) is 4.57. The van der Waals surface area contributed by atoms with Gasteiger partial charge in [-0.25, -0.2) is 9.97 Å².